The van der Waals surface area contributed by atoms with Gasteiger partial charge in [0.25, 0.3) is 11.9 Å². The minimum absolute atomic E-state index is 0.0374. The number of anilines is 1. The van der Waals surface area contributed by atoms with Crippen molar-refractivity contribution < 1.29 is 18.7 Å². The van der Waals surface area contributed by atoms with E-state index in [2.05, 4.69) is 9.97 Å². The number of fused-ring (bicyclic) bond motifs is 1. The van der Waals surface area contributed by atoms with Crippen LogP contribution in [-0.2, 0) is 4.74 Å². The summed E-state index contributed by atoms with van der Waals surface area (Å²) in [4.78, 5) is 36.9. The number of carbonyl (C=O) groups excluding carboxylic acids is 2. The predicted octanol–water partition coefficient (Wildman–Crippen LogP) is 4.15. The Bertz CT molecular complexity index is 1180. The number of nitrogens with zero attached hydrogens (tertiary/aromatic N) is 4. The highest BCUT2D eigenvalue weighted by molar-refractivity contribution is 7.17. The van der Waals surface area contributed by atoms with Crippen molar-refractivity contribution >= 4 is 52.1 Å². The van der Waals surface area contributed by atoms with Crippen LogP contribution >= 0.6 is 22.9 Å². The molecule has 4 rings (SSSR count). The second kappa shape index (κ2) is 8.25. The average molecular weight is 478 g/mol. The van der Waals surface area contributed by atoms with Gasteiger partial charge in [-0.1, -0.05) is 11.6 Å². The summed E-state index contributed by atoms with van der Waals surface area (Å²) < 4.78 is 11.6. The molecule has 0 saturated carbocycles. The van der Waals surface area contributed by atoms with Gasteiger partial charge in [0.2, 0.25) is 0 Å². The van der Waals surface area contributed by atoms with E-state index in [1.807, 2.05) is 32.6 Å². The molecule has 0 unspecified atom stereocenters. The Balaban J connectivity index is 1.61. The number of oxazole rings is 1. The molecule has 1 aromatic carbocycles. The highest BCUT2D eigenvalue weighted by atomic mass is 35.5. The summed E-state index contributed by atoms with van der Waals surface area (Å²) in [5.41, 5.74) is 6.56. The van der Waals surface area contributed by atoms with Gasteiger partial charge < -0.3 is 24.7 Å². The largest absolute Gasteiger partial charge is 0.444 e. The SMILES string of the molecule is C[C@H]1CN(C(=O)OC(C)(C)C)CCN1c1nc2cc(Cl)cc(-c3ncc(C(N)=O)s3)c2o1. The first-order valence-electron chi connectivity index (χ1n) is 10.1. The molecule has 2 amide bonds. The topological polar surface area (TPSA) is 115 Å². The van der Waals surface area contributed by atoms with Crippen molar-refractivity contribution in [3.63, 3.8) is 0 Å². The molecule has 11 heteroatoms. The maximum absolute atomic E-state index is 12.4. The number of primary amides is 1. The fraction of sp³-hybridized carbons (Fsp3) is 0.429. The summed E-state index contributed by atoms with van der Waals surface area (Å²) in [6.45, 7) is 9.05. The maximum atomic E-state index is 12.4. The molecule has 32 heavy (non-hydrogen) atoms. The van der Waals surface area contributed by atoms with E-state index in [1.165, 1.54) is 17.5 Å². The van der Waals surface area contributed by atoms with Crippen LogP contribution < -0.4 is 10.6 Å². The first-order chi connectivity index (χ1) is 15.0. The van der Waals surface area contributed by atoms with Gasteiger partial charge in [-0.25, -0.2) is 9.78 Å². The van der Waals surface area contributed by atoms with E-state index in [0.717, 1.165) is 0 Å². The highest BCUT2D eigenvalue weighted by Gasteiger charge is 2.32. The van der Waals surface area contributed by atoms with Crippen molar-refractivity contribution in [2.45, 2.75) is 39.3 Å². The van der Waals surface area contributed by atoms with Crippen LogP contribution in [0.5, 0.6) is 0 Å². The molecule has 0 bridgehead atoms. The van der Waals surface area contributed by atoms with Gasteiger partial charge in [-0.2, -0.15) is 4.98 Å². The van der Waals surface area contributed by atoms with Crippen LogP contribution in [0.3, 0.4) is 0 Å². The van der Waals surface area contributed by atoms with E-state index in [0.29, 0.717) is 57.2 Å². The number of aromatic nitrogens is 2. The minimum Gasteiger partial charge on any atom is -0.444 e. The summed E-state index contributed by atoms with van der Waals surface area (Å²) in [5, 5.41) is 1.04. The van der Waals surface area contributed by atoms with Crippen molar-refractivity contribution in [2.24, 2.45) is 5.73 Å². The molecule has 0 aliphatic carbocycles. The highest BCUT2D eigenvalue weighted by Crippen LogP contribution is 2.37. The van der Waals surface area contributed by atoms with E-state index in [1.54, 1.807) is 17.0 Å². The quantitative estimate of drug-likeness (QED) is 0.602. The predicted molar refractivity (Wildman–Crippen MR) is 123 cm³/mol. The van der Waals surface area contributed by atoms with Gasteiger partial charge in [-0.15, -0.1) is 11.3 Å². The van der Waals surface area contributed by atoms with Crippen LogP contribution in [0.4, 0.5) is 10.8 Å². The standard InChI is InChI=1S/C21H24ClN5O4S/c1-11-10-26(20(29)31-21(2,3)4)5-6-27(11)19-25-14-8-12(22)7-13(16(14)30-19)18-24-9-15(32-18)17(23)28/h7-9,11H,5-6,10H2,1-4H3,(H2,23,28)/t11-/m0/s1. The van der Waals surface area contributed by atoms with Crippen molar-refractivity contribution in [1.29, 1.82) is 0 Å². The van der Waals surface area contributed by atoms with Crippen molar-refractivity contribution in [3.8, 4) is 10.6 Å². The number of nitrogens with two attached hydrogens (primary N) is 1. The number of amides is 2. The van der Waals surface area contributed by atoms with Gasteiger partial charge in [0.15, 0.2) is 5.58 Å². The number of rotatable bonds is 3. The molecule has 1 aliphatic rings. The zero-order chi connectivity index (χ0) is 23.2. The zero-order valence-corrected chi connectivity index (χ0v) is 19.8. The van der Waals surface area contributed by atoms with Gasteiger partial charge in [-0.05, 0) is 39.8 Å². The molecule has 9 nitrogen and oxygen atoms in total. The Kier molecular flexibility index (Phi) is 5.76. The van der Waals surface area contributed by atoms with Gasteiger partial charge in [0, 0.05) is 30.7 Å². The lowest BCUT2D eigenvalue weighted by Gasteiger charge is -2.39. The number of thiazole rings is 1. The third kappa shape index (κ3) is 4.51. The Morgan fingerprint density at radius 3 is 2.69 bits per heavy atom. The van der Waals surface area contributed by atoms with E-state index in [9.17, 15) is 9.59 Å². The van der Waals surface area contributed by atoms with E-state index < -0.39 is 11.5 Å². The Hall–Kier alpha value is -2.85. The lowest BCUT2D eigenvalue weighted by molar-refractivity contribution is 0.0216. The molecule has 1 saturated heterocycles. The summed E-state index contributed by atoms with van der Waals surface area (Å²) in [5.74, 6) is -0.540. The molecule has 1 fully saturated rings. The Morgan fingerprint density at radius 2 is 2.06 bits per heavy atom. The number of hydrogen-bond donors (Lipinski definition) is 1. The van der Waals surface area contributed by atoms with Crippen molar-refractivity contribution in [3.05, 3.63) is 28.2 Å². The summed E-state index contributed by atoms with van der Waals surface area (Å²) in [7, 11) is 0. The van der Waals surface area contributed by atoms with Gasteiger partial charge >= 0.3 is 6.09 Å². The number of carbonyl (C=O) groups is 2. The average Bonchev–Trinajstić information content (AvgIpc) is 3.33. The number of piperazine rings is 1. The maximum Gasteiger partial charge on any atom is 0.410 e. The van der Waals surface area contributed by atoms with Crippen LogP contribution in [0.25, 0.3) is 21.7 Å². The van der Waals surface area contributed by atoms with Crippen LogP contribution in [0.15, 0.2) is 22.7 Å². The minimum atomic E-state index is -0.544. The molecule has 2 N–H and O–H groups in total. The van der Waals surface area contributed by atoms with E-state index in [4.69, 9.17) is 26.5 Å². The second-order valence-corrected chi connectivity index (χ2v) is 10.1. The smallest absolute Gasteiger partial charge is 0.410 e. The van der Waals surface area contributed by atoms with Crippen LogP contribution in [0.1, 0.15) is 37.4 Å². The molecule has 170 valence electrons. The third-order valence-corrected chi connectivity index (χ3v) is 6.21. The van der Waals surface area contributed by atoms with E-state index >= 15 is 0 Å². The second-order valence-electron chi connectivity index (χ2n) is 8.66. The number of ether oxygens (including phenoxy) is 1. The van der Waals surface area contributed by atoms with Crippen molar-refractivity contribution in [2.75, 3.05) is 24.5 Å². The number of halogens is 1. The van der Waals surface area contributed by atoms with Crippen LogP contribution in [0.2, 0.25) is 5.02 Å². The Labute approximate surface area is 194 Å². The first kappa shape index (κ1) is 22.3. The molecular formula is C21H24ClN5O4S. The molecule has 3 heterocycles. The van der Waals surface area contributed by atoms with Crippen molar-refractivity contribution in [1.82, 2.24) is 14.9 Å². The molecule has 2 aromatic heterocycles. The molecule has 3 aromatic rings. The fourth-order valence-electron chi connectivity index (χ4n) is 3.52. The normalized spacial score (nSPS) is 17.1. The molecule has 0 radical (unpaired) electrons. The molecule has 1 aliphatic heterocycles. The molecule has 1 atom stereocenters. The summed E-state index contributed by atoms with van der Waals surface area (Å²) in [6.07, 6.45) is 1.11. The summed E-state index contributed by atoms with van der Waals surface area (Å²) >= 11 is 7.47. The first-order valence-corrected chi connectivity index (χ1v) is 11.3. The monoisotopic (exact) mass is 477 g/mol. The Morgan fingerprint density at radius 1 is 1.31 bits per heavy atom. The number of benzene rings is 1. The molecule has 0 spiro atoms. The van der Waals surface area contributed by atoms with Gasteiger partial charge in [0.05, 0.1) is 11.8 Å². The van der Waals surface area contributed by atoms with Crippen LogP contribution in [0, 0.1) is 0 Å². The number of hydrogen-bond acceptors (Lipinski definition) is 8. The lowest BCUT2D eigenvalue weighted by atomic mass is 10.2. The van der Waals surface area contributed by atoms with Crippen LogP contribution in [-0.4, -0.2) is 58.1 Å². The van der Waals surface area contributed by atoms with E-state index in [-0.39, 0.29) is 12.1 Å². The van der Waals surface area contributed by atoms with Gasteiger partial charge in [0.1, 0.15) is 21.0 Å². The molecular weight excluding hydrogens is 454 g/mol. The lowest BCUT2D eigenvalue weighted by Crippen LogP contribution is -2.54. The third-order valence-electron chi connectivity index (χ3n) is 4.95. The zero-order valence-electron chi connectivity index (χ0n) is 18.2. The van der Waals surface area contributed by atoms with Gasteiger partial charge in [-0.3, -0.25) is 4.79 Å². The summed E-state index contributed by atoms with van der Waals surface area (Å²) in [6, 6.07) is 3.85. The fourth-order valence-corrected chi connectivity index (χ4v) is 4.51.